The van der Waals surface area contributed by atoms with Gasteiger partial charge in [0.25, 0.3) is 0 Å². The van der Waals surface area contributed by atoms with E-state index in [1.165, 1.54) is 11.1 Å². The first-order valence-electron chi connectivity index (χ1n) is 5.02. The third-order valence-electron chi connectivity index (χ3n) is 2.85. The molecule has 1 aliphatic rings. The average molecular weight is 251 g/mol. The van der Waals surface area contributed by atoms with Crippen molar-refractivity contribution in [2.75, 3.05) is 0 Å². The summed E-state index contributed by atoms with van der Waals surface area (Å²) in [5, 5.41) is 0.804. The van der Waals surface area contributed by atoms with E-state index in [0.29, 0.717) is 10.3 Å². The highest BCUT2D eigenvalue weighted by Crippen LogP contribution is 2.38. The lowest BCUT2D eigenvalue weighted by molar-refractivity contribution is 0.660. The van der Waals surface area contributed by atoms with Crippen LogP contribution in [0.25, 0.3) is 0 Å². The van der Waals surface area contributed by atoms with E-state index in [9.17, 15) is 0 Å². The first-order chi connectivity index (χ1) is 7.74. The Kier molecular flexibility index (Phi) is 2.34. The maximum atomic E-state index is 5.87. The van der Waals surface area contributed by atoms with Crippen LogP contribution in [-0.4, -0.2) is 9.97 Å². The zero-order valence-electron chi connectivity index (χ0n) is 8.32. The second-order valence-corrected chi connectivity index (χ2v) is 4.60. The number of halogens is 2. The van der Waals surface area contributed by atoms with Gasteiger partial charge in [-0.1, -0.05) is 47.5 Å². The molecule has 0 N–H and O–H groups in total. The fourth-order valence-electron chi connectivity index (χ4n) is 2.05. The molecule has 0 fully saturated rings. The van der Waals surface area contributed by atoms with E-state index >= 15 is 0 Å². The lowest BCUT2D eigenvalue weighted by atomic mass is 9.77. The monoisotopic (exact) mass is 250 g/mol. The Morgan fingerprint density at radius 1 is 1.06 bits per heavy atom. The summed E-state index contributed by atoms with van der Waals surface area (Å²) in [7, 11) is 0. The molecule has 1 aliphatic carbocycles. The largest absolute Gasteiger partial charge is 0.220 e. The minimum atomic E-state index is 0.243. The Morgan fingerprint density at radius 2 is 1.75 bits per heavy atom. The van der Waals surface area contributed by atoms with Crippen LogP contribution in [0.5, 0.6) is 0 Å². The molecule has 0 saturated heterocycles. The van der Waals surface area contributed by atoms with Crippen LogP contribution in [0, 0.1) is 0 Å². The minimum absolute atomic E-state index is 0.243. The van der Waals surface area contributed by atoms with Crippen LogP contribution in [0.1, 0.15) is 22.9 Å². The van der Waals surface area contributed by atoms with Crippen molar-refractivity contribution in [3.05, 3.63) is 57.6 Å². The molecule has 0 amide bonds. The van der Waals surface area contributed by atoms with Crippen LogP contribution >= 0.6 is 23.2 Å². The first-order valence-corrected chi connectivity index (χ1v) is 5.77. The molecule has 1 unspecified atom stereocenters. The molecule has 2 nitrogen and oxygen atoms in total. The second-order valence-electron chi connectivity index (χ2n) is 3.83. The number of rotatable bonds is 1. The molecular weight excluding hydrogens is 243 g/mol. The van der Waals surface area contributed by atoms with Gasteiger partial charge in [-0.25, -0.2) is 9.97 Å². The standard InChI is InChI=1S/C12H8Cl2N2/c13-10-6-11(14)16-12(15-10)9-5-7-3-1-2-4-8(7)9/h1-4,6,9H,5H2. The summed E-state index contributed by atoms with van der Waals surface area (Å²) in [6, 6.07) is 9.84. The van der Waals surface area contributed by atoms with Crippen LogP contribution in [-0.2, 0) is 6.42 Å². The third kappa shape index (κ3) is 1.58. The molecule has 1 atom stereocenters. The summed E-state index contributed by atoms with van der Waals surface area (Å²) >= 11 is 11.7. The fourth-order valence-corrected chi connectivity index (χ4v) is 2.49. The molecule has 4 heteroatoms. The maximum absolute atomic E-state index is 5.87. The van der Waals surface area contributed by atoms with Gasteiger partial charge in [0.1, 0.15) is 16.1 Å². The molecule has 16 heavy (non-hydrogen) atoms. The van der Waals surface area contributed by atoms with E-state index in [4.69, 9.17) is 23.2 Å². The van der Waals surface area contributed by atoms with E-state index in [-0.39, 0.29) is 5.92 Å². The molecule has 0 spiro atoms. The summed E-state index contributed by atoms with van der Waals surface area (Å²) < 4.78 is 0. The van der Waals surface area contributed by atoms with Gasteiger partial charge in [0.2, 0.25) is 0 Å². The number of hydrogen-bond acceptors (Lipinski definition) is 2. The molecule has 1 heterocycles. The van der Waals surface area contributed by atoms with Crippen LogP contribution in [0.2, 0.25) is 10.3 Å². The van der Waals surface area contributed by atoms with E-state index in [0.717, 1.165) is 12.2 Å². The molecule has 2 aromatic rings. The van der Waals surface area contributed by atoms with Gasteiger partial charge < -0.3 is 0 Å². The molecule has 1 aromatic heterocycles. The van der Waals surface area contributed by atoms with Gasteiger partial charge in [0.05, 0.1) is 0 Å². The average Bonchev–Trinajstić information content (AvgIpc) is 2.18. The SMILES string of the molecule is Clc1cc(Cl)nc(C2Cc3ccccc32)n1. The Morgan fingerprint density at radius 3 is 2.44 bits per heavy atom. The Bertz CT molecular complexity index is 534. The number of hydrogen-bond donors (Lipinski definition) is 0. The van der Waals surface area contributed by atoms with Gasteiger partial charge in [-0.05, 0) is 17.5 Å². The summed E-state index contributed by atoms with van der Waals surface area (Å²) in [5.41, 5.74) is 2.63. The molecular formula is C12H8Cl2N2. The van der Waals surface area contributed by atoms with E-state index in [2.05, 4.69) is 22.1 Å². The van der Waals surface area contributed by atoms with E-state index in [1.54, 1.807) is 6.07 Å². The number of benzene rings is 1. The highest BCUT2D eigenvalue weighted by Gasteiger charge is 2.29. The van der Waals surface area contributed by atoms with Gasteiger partial charge in [-0.3, -0.25) is 0 Å². The molecule has 3 rings (SSSR count). The summed E-state index contributed by atoms with van der Waals surface area (Å²) in [6.07, 6.45) is 0.965. The van der Waals surface area contributed by atoms with Crippen LogP contribution in [0.15, 0.2) is 30.3 Å². The quantitative estimate of drug-likeness (QED) is 0.725. The van der Waals surface area contributed by atoms with Crippen molar-refractivity contribution in [1.82, 2.24) is 9.97 Å². The number of aromatic nitrogens is 2. The van der Waals surface area contributed by atoms with Crippen molar-refractivity contribution in [2.24, 2.45) is 0 Å². The first kappa shape index (κ1) is 10.1. The van der Waals surface area contributed by atoms with Gasteiger partial charge >= 0.3 is 0 Å². The second kappa shape index (κ2) is 3.72. The minimum Gasteiger partial charge on any atom is -0.220 e. The van der Waals surface area contributed by atoms with Crippen molar-refractivity contribution in [3.8, 4) is 0 Å². The molecule has 0 saturated carbocycles. The number of fused-ring (bicyclic) bond motifs is 1. The van der Waals surface area contributed by atoms with Crippen LogP contribution in [0.3, 0.4) is 0 Å². The van der Waals surface area contributed by atoms with Crippen molar-refractivity contribution in [3.63, 3.8) is 0 Å². The highest BCUT2D eigenvalue weighted by atomic mass is 35.5. The molecule has 80 valence electrons. The zero-order chi connectivity index (χ0) is 11.1. The van der Waals surface area contributed by atoms with Gasteiger partial charge in [0, 0.05) is 12.0 Å². The summed E-state index contributed by atoms with van der Waals surface area (Å²) in [6.45, 7) is 0. The Hall–Kier alpha value is -1.12. The molecule has 0 bridgehead atoms. The highest BCUT2D eigenvalue weighted by molar-refractivity contribution is 6.33. The number of nitrogens with zero attached hydrogens (tertiary/aromatic N) is 2. The molecule has 1 aromatic carbocycles. The smallest absolute Gasteiger partial charge is 0.139 e. The Balaban J connectivity index is 2.02. The summed E-state index contributed by atoms with van der Waals surface area (Å²) in [4.78, 5) is 8.45. The predicted molar refractivity (Wildman–Crippen MR) is 64.0 cm³/mol. The Labute approximate surface area is 103 Å². The summed E-state index contributed by atoms with van der Waals surface area (Å²) in [5.74, 6) is 0.962. The van der Waals surface area contributed by atoms with E-state index in [1.807, 2.05) is 12.1 Å². The van der Waals surface area contributed by atoms with Crippen LogP contribution in [0.4, 0.5) is 0 Å². The van der Waals surface area contributed by atoms with Gasteiger partial charge in [0.15, 0.2) is 0 Å². The normalized spacial score (nSPS) is 17.8. The van der Waals surface area contributed by atoms with Crippen LogP contribution < -0.4 is 0 Å². The topological polar surface area (TPSA) is 25.8 Å². The maximum Gasteiger partial charge on any atom is 0.139 e. The predicted octanol–water partition coefficient (Wildman–Crippen LogP) is 3.47. The lowest BCUT2D eigenvalue weighted by Gasteiger charge is -2.28. The fraction of sp³-hybridized carbons (Fsp3) is 0.167. The van der Waals surface area contributed by atoms with Crippen molar-refractivity contribution < 1.29 is 0 Å². The third-order valence-corrected chi connectivity index (χ3v) is 3.23. The van der Waals surface area contributed by atoms with E-state index < -0.39 is 0 Å². The van der Waals surface area contributed by atoms with Crippen molar-refractivity contribution in [1.29, 1.82) is 0 Å². The van der Waals surface area contributed by atoms with Crippen molar-refractivity contribution in [2.45, 2.75) is 12.3 Å². The lowest BCUT2D eigenvalue weighted by Crippen LogP contribution is -2.20. The van der Waals surface area contributed by atoms with Crippen molar-refractivity contribution >= 4 is 23.2 Å². The molecule has 0 aliphatic heterocycles. The van der Waals surface area contributed by atoms with Gasteiger partial charge in [-0.15, -0.1) is 0 Å². The molecule has 0 radical (unpaired) electrons. The zero-order valence-corrected chi connectivity index (χ0v) is 9.83. The van der Waals surface area contributed by atoms with Gasteiger partial charge in [-0.2, -0.15) is 0 Å².